The Hall–Kier alpha value is -1.07. The number of nitrogens with two attached hydrogens (primary N) is 1. The van der Waals surface area contributed by atoms with Crippen LogP contribution in [0.1, 0.15) is 17.7 Å². The molecule has 0 heterocycles. The number of carbonyl (C=O) groups excluding carboxylic acids is 1. The molecule has 94 valence electrons. The van der Waals surface area contributed by atoms with Crippen LogP contribution in [0.5, 0.6) is 0 Å². The molecule has 3 nitrogen and oxygen atoms in total. The van der Waals surface area contributed by atoms with Crippen molar-refractivity contribution in [2.75, 3.05) is 18.9 Å². The van der Waals surface area contributed by atoms with Crippen LogP contribution in [0.3, 0.4) is 0 Å². The number of benzene rings is 1. The lowest BCUT2D eigenvalue weighted by molar-refractivity contribution is -0.139. The summed E-state index contributed by atoms with van der Waals surface area (Å²) >= 11 is 1.30. The second-order valence-corrected chi connectivity index (χ2v) is 4.55. The number of halogens is 1. The van der Waals surface area contributed by atoms with Gasteiger partial charge in [-0.3, -0.25) is 4.79 Å². The molecule has 0 fully saturated rings. The lowest BCUT2D eigenvalue weighted by Crippen LogP contribution is -2.14. The summed E-state index contributed by atoms with van der Waals surface area (Å²) in [4.78, 5) is 11.2. The predicted octanol–water partition coefficient (Wildman–Crippen LogP) is 2.12. The first-order valence-electron chi connectivity index (χ1n) is 5.40. The molecule has 0 aliphatic rings. The molecule has 1 rings (SSSR count). The monoisotopic (exact) mass is 257 g/mol. The zero-order chi connectivity index (χ0) is 12.7. The average molecular weight is 257 g/mol. The van der Waals surface area contributed by atoms with Crippen molar-refractivity contribution in [1.29, 1.82) is 0 Å². The third kappa shape index (κ3) is 4.36. The molecule has 0 amide bonds. The summed E-state index contributed by atoms with van der Waals surface area (Å²) < 4.78 is 18.3. The number of carbonyl (C=O) groups is 1. The second kappa shape index (κ2) is 7.29. The summed E-state index contributed by atoms with van der Waals surface area (Å²) in [5.41, 5.74) is 6.13. The predicted molar refractivity (Wildman–Crippen MR) is 67.3 cm³/mol. The molecular formula is C12H16FNO2S. The van der Waals surface area contributed by atoms with Crippen LogP contribution in [0.25, 0.3) is 0 Å². The highest BCUT2D eigenvalue weighted by Crippen LogP contribution is 2.29. The van der Waals surface area contributed by atoms with Crippen LogP contribution in [-0.2, 0) is 9.53 Å². The summed E-state index contributed by atoms with van der Waals surface area (Å²) in [5, 5.41) is -0.222. The van der Waals surface area contributed by atoms with Gasteiger partial charge in [-0.1, -0.05) is 18.2 Å². The van der Waals surface area contributed by atoms with E-state index in [0.29, 0.717) is 12.2 Å². The lowest BCUT2D eigenvalue weighted by atomic mass is 10.1. The molecule has 0 spiro atoms. The van der Waals surface area contributed by atoms with E-state index in [1.54, 1.807) is 25.1 Å². The number of ether oxygens (including phenoxy) is 1. The number of hydrogen-bond acceptors (Lipinski definition) is 4. The van der Waals surface area contributed by atoms with Gasteiger partial charge in [0.05, 0.1) is 12.4 Å². The minimum Gasteiger partial charge on any atom is -0.465 e. The van der Waals surface area contributed by atoms with Crippen LogP contribution < -0.4 is 5.73 Å². The molecule has 1 unspecified atom stereocenters. The van der Waals surface area contributed by atoms with Crippen LogP contribution in [0, 0.1) is 5.82 Å². The summed E-state index contributed by atoms with van der Waals surface area (Å²) in [6.07, 6.45) is 0. The number of esters is 1. The highest BCUT2D eigenvalue weighted by atomic mass is 32.2. The Bertz CT molecular complexity index is 373. The Balaban J connectivity index is 2.60. The highest BCUT2D eigenvalue weighted by molar-refractivity contribution is 8.00. The molecule has 5 heteroatoms. The first-order chi connectivity index (χ1) is 8.19. The van der Waals surface area contributed by atoms with Gasteiger partial charge < -0.3 is 10.5 Å². The van der Waals surface area contributed by atoms with Crippen molar-refractivity contribution >= 4 is 17.7 Å². The van der Waals surface area contributed by atoms with Gasteiger partial charge in [-0.15, -0.1) is 11.8 Å². The summed E-state index contributed by atoms with van der Waals surface area (Å²) in [7, 11) is 0. The summed E-state index contributed by atoms with van der Waals surface area (Å²) in [6.45, 7) is 2.39. The fourth-order valence-electron chi connectivity index (χ4n) is 1.39. The first kappa shape index (κ1) is 14.0. The number of rotatable bonds is 6. The van der Waals surface area contributed by atoms with Gasteiger partial charge >= 0.3 is 5.97 Å². The van der Waals surface area contributed by atoms with Gasteiger partial charge in [0.25, 0.3) is 0 Å². The zero-order valence-electron chi connectivity index (χ0n) is 9.69. The van der Waals surface area contributed by atoms with Crippen LogP contribution in [0.15, 0.2) is 24.3 Å². The van der Waals surface area contributed by atoms with E-state index in [4.69, 9.17) is 10.5 Å². The standard InChI is InChI=1S/C12H16FNO2S/c1-2-16-12(15)8-17-11(7-14)9-5-3-4-6-10(9)13/h3-6,11H,2,7-8,14H2,1H3. The van der Waals surface area contributed by atoms with Crippen molar-refractivity contribution in [2.24, 2.45) is 5.73 Å². The molecule has 0 aromatic heterocycles. The van der Waals surface area contributed by atoms with Gasteiger partial charge in [0.1, 0.15) is 5.82 Å². The van der Waals surface area contributed by atoms with E-state index in [0.717, 1.165) is 0 Å². The molecule has 1 aromatic carbocycles. The van der Waals surface area contributed by atoms with E-state index in [-0.39, 0.29) is 29.3 Å². The van der Waals surface area contributed by atoms with Crippen molar-refractivity contribution in [2.45, 2.75) is 12.2 Å². The average Bonchev–Trinajstić information content (AvgIpc) is 2.32. The molecule has 17 heavy (non-hydrogen) atoms. The van der Waals surface area contributed by atoms with E-state index in [9.17, 15) is 9.18 Å². The summed E-state index contributed by atoms with van der Waals surface area (Å²) in [5.74, 6) is -0.407. The number of hydrogen-bond donors (Lipinski definition) is 1. The molecule has 0 saturated heterocycles. The van der Waals surface area contributed by atoms with Gasteiger partial charge in [0.15, 0.2) is 0 Å². The Morgan fingerprint density at radius 2 is 2.24 bits per heavy atom. The van der Waals surface area contributed by atoms with E-state index < -0.39 is 0 Å². The van der Waals surface area contributed by atoms with Crippen molar-refractivity contribution < 1.29 is 13.9 Å². The lowest BCUT2D eigenvalue weighted by Gasteiger charge is -2.14. The van der Waals surface area contributed by atoms with E-state index in [2.05, 4.69) is 0 Å². The van der Waals surface area contributed by atoms with Gasteiger partial charge in [-0.2, -0.15) is 0 Å². The smallest absolute Gasteiger partial charge is 0.315 e. The van der Waals surface area contributed by atoms with Gasteiger partial charge in [0, 0.05) is 17.4 Å². The fourth-order valence-corrected chi connectivity index (χ4v) is 2.32. The second-order valence-electron chi connectivity index (χ2n) is 3.36. The fraction of sp³-hybridized carbons (Fsp3) is 0.417. The van der Waals surface area contributed by atoms with Gasteiger partial charge in [0.2, 0.25) is 0 Å². The normalized spacial score (nSPS) is 12.2. The van der Waals surface area contributed by atoms with Gasteiger partial charge in [-0.05, 0) is 13.0 Å². The Kier molecular flexibility index (Phi) is 6.00. The largest absolute Gasteiger partial charge is 0.465 e. The van der Waals surface area contributed by atoms with Crippen LogP contribution in [0.4, 0.5) is 4.39 Å². The molecular weight excluding hydrogens is 241 g/mol. The highest BCUT2D eigenvalue weighted by Gasteiger charge is 2.16. The minimum absolute atomic E-state index is 0.185. The van der Waals surface area contributed by atoms with Crippen LogP contribution in [-0.4, -0.2) is 24.9 Å². The number of thioether (sulfide) groups is 1. The Morgan fingerprint density at radius 1 is 1.53 bits per heavy atom. The molecule has 0 aliphatic carbocycles. The minimum atomic E-state index is -0.299. The summed E-state index contributed by atoms with van der Waals surface area (Å²) in [6, 6.07) is 6.46. The topological polar surface area (TPSA) is 52.3 Å². The van der Waals surface area contributed by atoms with E-state index >= 15 is 0 Å². The van der Waals surface area contributed by atoms with Crippen molar-refractivity contribution in [3.8, 4) is 0 Å². The van der Waals surface area contributed by atoms with Crippen molar-refractivity contribution in [1.82, 2.24) is 0 Å². The van der Waals surface area contributed by atoms with Crippen molar-refractivity contribution in [3.63, 3.8) is 0 Å². The maximum Gasteiger partial charge on any atom is 0.315 e. The molecule has 0 saturated carbocycles. The molecule has 0 aliphatic heterocycles. The molecule has 2 N–H and O–H groups in total. The molecule has 1 atom stereocenters. The zero-order valence-corrected chi connectivity index (χ0v) is 10.5. The van der Waals surface area contributed by atoms with Crippen molar-refractivity contribution in [3.05, 3.63) is 35.6 Å². The van der Waals surface area contributed by atoms with Crippen LogP contribution >= 0.6 is 11.8 Å². The van der Waals surface area contributed by atoms with E-state index in [1.165, 1.54) is 17.8 Å². The maximum atomic E-state index is 13.5. The van der Waals surface area contributed by atoms with Crippen LogP contribution in [0.2, 0.25) is 0 Å². The molecule has 0 radical (unpaired) electrons. The SMILES string of the molecule is CCOC(=O)CSC(CN)c1ccccc1F. The third-order valence-corrected chi connectivity index (χ3v) is 3.42. The maximum absolute atomic E-state index is 13.5. The van der Waals surface area contributed by atoms with Gasteiger partial charge in [-0.25, -0.2) is 4.39 Å². The van der Waals surface area contributed by atoms with E-state index in [1.807, 2.05) is 0 Å². The first-order valence-corrected chi connectivity index (χ1v) is 6.45. The Morgan fingerprint density at radius 3 is 2.82 bits per heavy atom. The quantitative estimate of drug-likeness (QED) is 0.793. The molecule has 1 aromatic rings. The Labute approximate surface area is 105 Å². The molecule has 0 bridgehead atoms. The third-order valence-electron chi connectivity index (χ3n) is 2.17.